The molecule has 1 aliphatic rings. The first-order valence-corrected chi connectivity index (χ1v) is 8.52. The number of hydrogen-bond donors (Lipinski definition) is 0. The first-order chi connectivity index (χ1) is 11.3. The molecule has 0 bridgehead atoms. The van der Waals surface area contributed by atoms with Gasteiger partial charge >= 0.3 is 6.18 Å². The van der Waals surface area contributed by atoms with Gasteiger partial charge in [-0.3, -0.25) is 9.69 Å². The highest BCUT2D eigenvalue weighted by Crippen LogP contribution is 2.30. The topological polar surface area (TPSA) is 23.6 Å². The molecule has 3 nitrogen and oxygen atoms in total. The summed E-state index contributed by atoms with van der Waals surface area (Å²) in [6.07, 6.45) is -2.57. The number of rotatable bonds is 5. The minimum Gasteiger partial charge on any atom is -0.343 e. The van der Waals surface area contributed by atoms with Gasteiger partial charge in [-0.1, -0.05) is 18.2 Å². The lowest BCUT2D eigenvalue weighted by molar-refractivity contribution is -0.137. The second-order valence-corrected chi connectivity index (χ2v) is 6.28. The van der Waals surface area contributed by atoms with Crippen molar-refractivity contribution in [3.05, 3.63) is 35.4 Å². The summed E-state index contributed by atoms with van der Waals surface area (Å²) in [5, 5.41) is 0. The molecule has 1 saturated heterocycles. The van der Waals surface area contributed by atoms with E-state index in [1.165, 1.54) is 12.1 Å². The average Bonchev–Trinajstić information content (AvgIpc) is 2.55. The van der Waals surface area contributed by atoms with Gasteiger partial charge in [-0.15, -0.1) is 0 Å². The lowest BCUT2D eigenvalue weighted by Crippen LogP contribution is -2.44. The smallest absolute Gasteiger partial charge is 0.343 e. The Morgan fingerprint density at radius 2 is 2.00 bits per heavy atom. The molecular weight excluding hydrogens is 317 g/mol. The molecule has 0 aliphatic carbocycles. The summed E-state index contributed by atoms with van der Waals surface area (Å²) in [5.41, 5.74) is 0.0218. The lowest BCUT2D eigenvalue weighted by Gasteiger charge is -2.34. The van der Waals surface area contributed by atoms with Crippen LogP contribution in [-0.4, -0.2) is 41.9 Å². The van der Waals surface area contributed by atoms with Gasteiger partial charge in [0.1, 0.15) is 0 Å². The van der Waals surface area contributed by atoms with Crippen LogP contribution in [-0.2, 0) is 17.5 Å². The number of amides is 1. The van der Waals surface area contributed by atoms with Crippen LogP contribution in [0, 0.1) is 5.92 Å². The van der Waals surface area contributed by atoms with Crippen LogP contribution in [0.2, 0.25) is 0 Å². The number of nitrogens with zero attached hydrogens (tertiary/aromatic N) is 2. The molecule has 0 aromatic heterocycles. The van der Waals surface area contributed by atoms with Gasteiger partial charge < -0.3 is 4.90 Å². The highest BCUT2D eigenvalue weighted by Gasteiger charge is 2.31. The third kappa shape index (κ3) is 4.72. The Hall–Kier alpha value is -1.56. The maximum atomic E-state index is 12.8. The number of likely N-dealkylation sites (tertiary alicyclic amines) is 1. The molecular formula is C18H25F3N2O. The minimum absolute atomic E-state index is 0.0514. The molecule has 24 heavy (non-hydrogen) atoms. The van der Waals surface area contributed by atoms with Gasteiger partial charge in [0, 0.05) is 26.2 Å². The van der Waals surface area contributed by atoms with Gasteiger partial charge in [0.2, 0.25) is 5.91 Å². The molecule has 0 unspecified atom stereocenters. The number of carbonyl (C=O) groups excluding carboxylic acids is 1. The summed E-state index contributed by atoms with van der Waals surface area (Å²) < 4.78 is 38.5. The van der Waals surface area contributed by atoms with Crippen LogP contribution in [0.25, 0.3) is 0 Å². The minimum atomic E-state index is -4.32. The Kier molecular flexibility index (Phi) is 6.27. The highest BCUT2D eigenvalue weighted by molar-refractivity contribution is 5.79. The highest BCUT2D eigenvalue weighted by atomic mass is 19.4. The van der Waals surface area contributed by atoms with E-state index in [4.69, 9.17) is 0 Å². The molecule has 0 N–H and O–H groups in total. The number of alkyl halides is 3. The maximum Gasteiger partial charge on any atom is 0.416 e. The van der Waals surface area contributed by atoms with E-state index in [2.05, 4.69) is 4.90 Å². The average molecular weight is 342 g/mol. The second-order valence-electron chi connectivity index (χ2n) is 6.28. The van der Waals surface area contributed by atoms with Crippen molar-refractivity contribution in [1.29, 1.82) is 0 Å². The molecule has 0 spiro atoms. The van der Waals surface area contributed by atoms with Crippen molar-refractivity contribution in [2.45, 2.75) is 39.4 Å². The first-order valence-electron chi connectivity index (χ1n) is 8.52. The van der Waals surface area contributed by atoms with Crippen LogP contribution in [0.15, 0.2) is 24.3 Å². The van der Waals surface area contributed by atoms with Crippen molar-refractivity contribution < 1.29 is 18.0 Å². The molecule has 1 fully saturated rings. The van der Waals surface area contributed by atoms with E-state index in [-0.39, 0.29) is 11.8 Å². The fourth-order valence-corrected chi connectivity index (χ4v) is 3.30. The zero-order valence-electron chi connectivity index (χ0n) is 14.3. The Bertz CT molecular complexity index is 555. The zero-order chi connectivity index (χ0) is 17.7. The first kappa shape index (κ1) is 18.8. The van der Waals surface area contributed by atoms with Crippen molar-refractivity contribution in [3.8, 4) is 0 Å². The van der Waals surface area contributed by atoms with E-state index >= 15 is 0 Å². The predicted octanol–water partition coefficient (Wildman–Crippen LogP) is 3.79. The molecule has 6 heteroatoms. The third-order valence-electron chi connectivity index (χ3n) is 4.59. The predicted molar refractivity (Wildman–Crippen MR) is 87.4 cm³/mol. The fraction of sp³-hybridized carbons (Fsp3) is 0.611. The largest absolute Gasteiger partial charge is 0.416 e. The van der Waals surface area contributed by atoms with E-state index < -0.39 is 11.7 Å². The number of halogens is 3. The summed E-state index contributed by atoms with van der Waals surface area (Å²) in [5.74, 6) is 0.109. The molecule has 0 saturated carbocycles. The fourth-order valence-electron chi connectivity index (χ4n) is 3.30. The van der Waals surface area contributed by atoms with Crippen LogP contribution in [0.4, 0.5) is 13.2 Å². The maximum absolute atomic E-state index is 12.8. The molecule has 1 aromatic rings. The Balaban J connectivity index is 2.02. The molecule has 0 radical (unpaired) electrons. The summed E-state index contributed by atoms with van der Waals surface area (Å²) in [6, 6.07) is 5.45. The Morgan fingerprint density at radius 3 is 2.62 bits per heavy atom. The van der Waals surface area contributed by atoms with E-state index in [1.807, 2.05) is 18.7 Å². The van der Waals surface area contributed by atoms with E-state index in [9.17, 15) is 18.0 Å². The van der Waals surface area contributed by atoms with Crippen LogP contribution >= 0.6 is 0 Å². The Labute approximate surface area is 141 Å². The summed E-state index contributed by atoms with van der Waals surface area (Å²) in [4.78, 5) is 16.4. The number of benzene rings is 1. The monoisotopic (exact) mass is 342 g/mol. The van der Waals surface area contributed by atoms with Gasteiger partial charge in [0.25, 0.3) is 0 Å². The van der Waals surface area contributed by atoms with Crippen LogP contribution < -0.4 is 0 Å². The zero-order valence-corrected chi connectivity index (χ0v) is 14.3. The molecule has 1 heterocycles. The lowest BCUT2D eigenvalue weighted by atomic mass is 9.96. The van der Waals surface area contributed by atoms with Crippen molar-refractivity contribution in [1.82, 2.24) is 9.80 Å². The summed E-state index contributed by atoms with van der Waals surface area (Å²) in [6.45, 7) is 7.20. The molecule has 2 rings (SSSR count). The summed E-state index contributed by atoms with van der Waals surface area (Å²) in [7, 11) is 0. The second kappa shape index (κ2) is 8.01. The standard InChI is InChI=1S/C18H25F3N2O/c1-3-23(4-2)17(24)15-8-6-10-22(13-15)12-14-7-5-9-16(11-14)18(19,20)21/h5,7,9,11,15H,3-4,6,8,10,12-13H2,1-2H3/t15-/m1/s1. The van der Waals surface area contributed by atoms with Crippen LogP contribution in [0.5, 0.6) is 0 Å². The molecule has 1 aliphatic heterocycles. The molecule has 1 aromatic carbocycles. The number of carbonyl (C=O) groups is 1. The molecule has 1 amide bonds. The van der Waals surface area contributed by atoms with E-state index in [0.29, 0.717) is 31.7 Å². The van der Waals surface area contributed by atoms with Crippen LogP contribution in [0.3, 0.4) is 0 Å². The third-order valence-corrected chi connectivity index (χ3v) is 4.59. The van der Waals surface area contributed by atoms with Gasteiger partial charge in [0.05, 0.1) is 11.5 Å². The SMILES string of the molecule is CCN(CC)C(=O)[C@@H]1CCCN(Cc2cccc(C(F)(F)F)c2)C1. The number of piperidine rings is 1. The van der Waals surface area contributed by atoms with Gasteiger partial charge in [-0.25, -0.2) is 0 Å². The van der Waals surface area contributed by atoms with Crippen molar-refractivity contribution in [2.75, 3.05) is 26.2 Å². The van der Waals surface area contributed by atoms with E-state index in [1.54, 1.807) is 6.07 Å². The van der Waals surface area contributed by atoms with Crippen molar-refractivity contribution in [2.24, 2.45) is 5.92 Å². The van der Waals surface area contributed by atoms with Gasteiger partial charge in [0.15, 0.2) is 0 Å². The van der Waals surface area contributed by atoms with Gasteiger partial charge in [-0.05, 0) is 44.9 Å². The molecule has 134 valence electrons. The number of hydrogen-bond acceptors (Lipinski definition) is 2. The summed E-state index contributed by atoms with van der Waals surface area (Å²) >= 11 is 0. The normalized spacial score (nSPS) is 19.3. The van der Waals surface area contributed by atoms with Crippen molar-refractivity contribution in [3.63, 3.8) is 0 Å². The quantitative estimate of drug-likeness (QED) is 0.813. The Morgan fingerprint density at radius 1 is 1.29 bits per heavy atom. The van der Waals surface area contributed by atoms with Gasteiger partial charge in [-0.2, -0.15) is 13.2 Å². The van der Waals surface area contributed by atoms with Crippen molar-refractivity contribution >= 4 is 5.91 Å². The molecule has 1 atom stereocenters. The van der Waals surface area contributed by atoms with Crippen LogP contribution in [0.1, 0.15) is 37.8 Å². The van der Waals surface area contributed by atoms with E-state index in [0.717, 1.165) is 25.5 Å².